The number of benzene rings is 3. The SMILES string of the molecule is CNCC(O)C(c1ccccc1)n1ccc2c(Oc3ccccc3)cccc21. The first-order chi connectivity index (χ1) is 13.8. The molecule has 0 aliphatic rings. The van der Waals surface area contributed by atoms with E-state index in [0.717, 1.165) is 28.0 Å². The molecule has 1 heterocycles. The number of ether oxygens (including phenoxy) is 1. The Hall–Kier alpha value is -3.08. The lowest BCUT2D eigenvalue weighted by molar-refractivity contribution is 0.132. The molecule has 0 fully saturated rings. The van der Waals surface area contributed by atoms with Crippen LogP contribution in [-0.2, 0) is 0 Å². The fraction of sp³-hybridized carbons (Fsp3) is 0.167. The third-order valence-electron chi connectivity index (χ3n) is 4.91. The Morgan fingerprint density at radius 1 is 0.893 bits per heavy atom. The summed E-state index contributed by atoms with van der Waals surface area (Å²) >= 11 is 0. The first-order valence-electron chi connectivity index (χ1n) is 9.48. The summed E-state index contributed by atoms with van der Waals surface area (Å²) in [4.78, 5) is 0. The van der Waals surface area contributed by atoms with Gasteiger partial charge in [-0.2, -0.15) is 0 Å². The van der Waals surface area contributed by atoms with Gasteiger partial charge in [-0.1, -0.05) is 54.6 Å². The van der Waals surface area contributed by atoms with Crippen molar-refractivity contribution in [3.8, 4) is 11.5 Å². The van der Waals surface area contributed by atoms with Crippen LogP contribution in [0, 0.1) is 0 Å². The lowest BCUT2D eigenvalue weighted by Gasteiger charge is -2.26. The van der Waals surface area contributed by atoms with Crippen LogP contribution in [0.15, 0.2) is 91.1 Å². The number of nitrogens with zero attached hydrogens (tertiary/aromatic N) is 1. The van der Waals surface area contributed by atoms with Gasteiger partial charge in [0.1, 0.15) is 11.5 Å². The topological polar surface area (TPSA) is 46.4 Å². The second-order valence-corrected chi connectivity index (χ2v) is 6.81. The third kappa shape index (κ3) is 3.65. The summed E-state index contributed by atoms with van der Waals surface area (Å²) in [6.07, 6.45) is 1.46. The van der Waals surface area contributed by atoms with Crippen LogP contribution in [0.3, 0.4) is 0 Å². The van der Waals surface area contributed by atoms with Gasteiger partial charge < -0.3 is 19.7 Å². The fourth-order valence-electron chi connectivity index (χ4n) is 3.65. The zero-order chi connectivity index (χ0) is 19.3. The first-order valence-corrected chi connectivity index (χ1v) is 9.48. The van der Waals surface area contributed by atoms with E-state index in [9.17, 15) is 5.11 Å². The Labute approximate surface area is 165 Å². The summed E-state index contributed by atoms with van der Waals surface area (Å²) in [6.45, 7) is 0.499. The molecule has 4 nitrogen and oxygen atoms in total. The van der Waals surface area contributed by atoms with Gasteiger partial charge in [0.15, 0.2) is 0 Å². The number of likely N-dealkylation sites (N-methyl/N-ethyl adjacent to an activating group) is 1. The van der Waals surface area contributed by atoms with Crippen LogP contribution in [0.4, 0.5) is 0 Å². The molecule has 0 saturated carbocycles. The normalized spacial score (nSPS) is 13.4. The van der Waals surface area contributed by atoms with Crippen LogP contribution >= 0.6 is 0 Å². The van der Waals surface area contributed by atoms with E-state index in [0.29, 0.717) is 6.54 Å². The number of aromatic nitrogens is 1. The Balaban J connectivity index is 1.78. The summed E-state index contributed by atoms with van der Waals surface area (Å²) in [5.74, 6) is 1.61. The van der Waals surface area contributed by atoms with Crippen molar-refractivity contribution in [2.24, 2.45) is 0 Å². The molecule has 2 atom stereocenters. The molecule has 0 amide bonds. The van der Waals surface area contributed by atoms with Crippen LogP contribution in [0.25, 0.3) is 10.9 Å². The van der Waals surface area contributed by atoms with E-state index in [4.69, 9.17) is 4.74 Å². The van der Waals surface area contributed by atoms with E-state index in [1.807, 2.05) is 73.9 Å². The Morgan fingerprint density at radius 2 is 1.61 bits per heavy atom. The largest absolute Gasteiger partial charge is 0.457 e. The predicted molar refractivity (Wildman–Crippen MR) is 113 cm³/mol. The maximum Gasteiger partial charge on any atom is 0.136 e. The van der Waals surface area contributed by atoms with Crippen LogP contribution in [0.5, 0.6) is 11.5 Å². The number of rotatable bonds is 7. The van der Waals surface area contributed by atoms with Crippen molar-refractivity contribution in [2.75, 3.05) is 13.6 Å². The number of fused-ring (bicyclic) bond motifs is 1. The van der Waals surface area contributed by atoms with E-state index >= 15 is 0 Å². The zero-order valence-electron chi connectivity index (χ0n) is 15.8. The van der Waals surface area contributed by atoms with E-state index in [1.54, 1.807) is 0 Å². The molecule has 3 aromatic carbocycles. The minimum absolute atomic E-state index is 0.196. The van der Waals surface area contributed by atoms with Crippen LogP contribution in [0.1, 0.15) is 11.6 Å². The number of hydrogen-bond donors (Lipinski definition) is 2. The van der Waals surface area contributed by atoms with Crippen molar-refractivity contribution < 1.29 is 9.84 Å². The summed E-state index contributed by atoms with van der Waals surface area (Å²) in [5, 5.41) is 15.0. The van der Waals surface area contributed by atoms with E-state index in [1.165, 1.54) is 0 Å². The molecular formula is C24H24N2O2. The zero-order valence-corrected chi connectivity index (χ0v) is 15.8. The van der Waals surface area contributed by atoms with Gasteiger partial charge in [-0.3, -0.25) is 0 Å². The van der Waals surface area contributed by atoms with Gasteiger partial charge >= 0.3 is 0 Å². The second kappa shape index (κ2) is 8.30. The highest BCUT2D eigenvalue weighted by Gasteiger charge is 2.24. The molecule has 0 saturated heterocycles. The average Bonchev–Trinajstić information content (AvgIpc) is 3.15. The van der Waals surface area contributed by atoms with Crippen molar-refractivity contribution in [3.05, 3.63) is 96.7 Å². The molecule has 0 bridgehead atoms. The number of hydrogen-bond acceptors (Lipinski definition) is 3. The molecule has 28 heavy (non-hydrogen) atoms. The number of aliphatic hydroxyl groups is 1. The molecule has 0 aliphatic heterocycles. The van der Waals surface area contributed by atoms with Crippen molar-refractivity contribution in [1.29, 1.82) is 0 Å². The van der Waals surface area contributed by atoms with Crippen molar-refractivity contribution in [1.82, 2.24) is 9.88 Å². The van der Waals surface area contributed by atoms with Crippen molar-refractivity contribution >= 4 is 10.9 Å². The number of nitrogens with one attached hydrogen (secondary N) is 1. The highest BCUT2D eigenvalue weighted by atomic mass is 16.5. The molecule has 0 aliphatic carbocycles. The predicted octanol–water partition coefficient (Wildman–Crippen LogP) is 4.60. The minimum Gasteiger partial charge on any atom is -0.457 e. The van der Waals surface area contributed by atoms with Crippen molar-refractivity contribution in [3.63, 3.8) is 0 Å². The van der Waals surface area contributed by atoms with Gasteiger partial charge in [0.2, 0.25) is 0 Å². The summed E-state index contributed by atoms with van der Waals surface area (Å²) in [5.41, 5.74) is 2.09. The highest BCUT2D eigenvalue weighted by molar-refractivity contribution is 5.87. The monoisotopic (exact) mass is 372 g/mol. The Kier molecular flexibility index (Phi) is 5.42. The molecule has 4 aromatic rings. The molecule has 2 unspecified atom stereocenters. The van der Waals surface area contributed by atoms with Gasteiger partial charge in [0, 0.05) is 18.1 Å². The molecule has 2 N–H and O–H groups in total. The van der Waals surface area contributed by atoms with Gasteiger partial charge in [0.25, 0.3) is 0 Å². The first kappa shape index (κ1) is 18.3. The number of para-hydroxylation sites is 1. The maximum absolute atomic E-state index is 10.9. The van der Waals surface area contributed by atoms with Gasteiger partial charge in [-0.15, -0.1) is 0 Å². The number of aliphatic hydroxyl groups excluding tert-OH is 1. The maximum atomic E-state index is 10.9. The van der Waals surface area contributed by atoms with E-state index in [-0.39, 0.29) is 6.04 Å². The third-order valence-corrected chi connectivity index (χ3v) is 4.91. The molecule has 0 radical (unpaired) electrons. The lowest BCUT2D eigenvalue weighted by atomic mass is 10.0. The summed E-state index contributed by atoms with van der Waals surface area (Å²) < 4.78 is 8.24. The van der Waals surface area contributed by atoms with Crippen LogP contribution < -0.4 is 10.1 Å². The van der Waals surface area contributed by atoms with Gasteiger partial charge in [-0.25, -0.2) is 0 Å². The van der Waals surface area contributed by atoms with Gasteiger partial charge in [-0.05, 0) is 42.9 Å². The van der Waals surface area contributed by atoms with Crippen LogP contribution in [0.2, 0.25) is 0 Å². The highest BCUT2D eigenvalue weighted by Crippen LogP contribution is 2.34. The smallest absolute Gasteiger partial charge is 0.136 e. The molecule has 142 valence electrons. The molecule has 4 heteroatoms. The quantitative estimate of drug-likeness (QED) is 0.498. The molecule has 1 aromatic heterocycles. The molecule has 0 spiro atoms. The van der Waals surface area contributed by atoms with Gasteiger partial charge in [0.05, 0.1) is 17.7 Å². The summed E-state index contributed by atoms with van der Waals surface area (Å²) in [7, 11) is 1.85. The molecule has 4 rings (SSSR count). The fourth-order valence-corrected chi connectivity index (χ4v) is 3.65. The van der Waals surface area contributed by atoms with E-state index in [2.05, 4.69) is 34.1 Å². The van der Waals surface area contributed by atoms with E-state index < -0.39 is 6.10 Å². The molecular weight excluding hydrogens is 348 g/mol. The standard InChI is InChI=1S/C24H24N2O2/c1-25-17-22(27)24(18-9-4-2-5-10-18)26-16-15-20-21(26)13-8-14-23(20)28-19-11-6-3-7-12-19/h2-16,22,24-25,27H,17H2,1H3. The average molecular weight is 372 g/mol. The second-order valence-electron chi connectivity index (χ2n) is 6.81. The van der Waals surface area contributed by atoms with Crippen LogP contribution in [-0.4, -0.2) is 29.4 Å². The minimum atomic E-state index is -0.568. The van der Waals surface area contributed by atoms with Crippen molar-refractivity contribution in [2.45, 2.75) is 12.1 Å². The summed E-state index contributed by atoms with van der Waals surface area (Å²) in [6, 6.07) is 27.8. The Morgan fingerprint density at radius 3 is 2.32 bits per heavy atom. The Bertz CT molecular complexity index is 1030. The lowest BCUT2D eigenvalue weighted by Crippen LogP contribution is -2.33.